The molecule has 19 heavy (non-hydrogen) atoms. The second-order valence-electron chi connectivity index (χ2n) is 4.62. The van der Waals surface area contributed by atoms with Gasteiger partial charge in [0, 0.05) is 12.6 Å². The minimum atomic E-state index is 0.0183. The first-order valence-electron chi connectivity index (χ1n) is 6.44. The molecule has 0 aromatic heterocycles. The number of phenolic OH excluding ortho intramolecular Hbond substituents is 1. The molecule has 3 heteroatoms. The van der Waals surface area contributed by atoms with E-state index in [0.717, 1.165) is 18.5 Å². The molecule has 100 valence electrons. The molecule has 2 aromatic rings. The average molecular weight is 257 g/mol. The molecule has 0 aliphatic heterocycles. The number of hydrogen-bond acceptors (Lipinski definition) is 3. The zero-order chi connectivity index (χ0) is 13.5. The molecule has 1 atom stereocenters. The largest absolute Gasteiger partial charge is 0.508 e. The quantitative estimate of drug-likeness (QED) is 0.742. The van der Waals surface area contributed by atoms with Crippen LogP contribution in [0.15, 0.2) is 54.6 Å². The molecule has 0 fully saturated rings. The van der Waals surface area contributed by atoms with Crippen molar-refractivity contribution in [3.63, 3.8) is 0 Å². The van der Waals surface area contributed by atoms with Crippen molar-refractivity contribution in [1.29, 1.82) is 0 Å². The molecule has 0 heterocycles. The van der Waals surface area contributed by atoms with Gasteiger partial charge in [-0.25, -0.2) is 0 Å². The Morgan fingerprint density at radius 1 is 0.895 bits per heavy atom. The third kappa shape index (κ3) is 4.39. The van der Waals surface area contributed by atoms with Gasteiger partial charge in [-0.15, -0.1) is 0 Å². The number of rotatable bonds is 6. The zero-order valence-electron chi connectivity index (χ0n) is 10.8. The van der Waals surface area contributed by atoms with Crippen molar-refractivity contribution in [3.05, 3.63) is 65.7 Å². The summed E-state index contributed by atoms with van der Waals surface area (Å²) < 4.78 is 0. The van der Waals surface area contributed by atoms with Crippen LogP contribution in [0.25, 0.3) is 0 Å². The SMILES string of the molecule is OCC(Cc1ccc(O)cc1)NCc1ccccc1. The van der Waals surface area contributed by atoms with Gasteiger partial charge in [0.2, 0.25) is 0 Å². The number of aliphatic hydroxyl groups excluding tert-OH is 1. The molecule has 3 nitrogen and oxygen atoms in total. The summed E-state index contributed by atoms with van der Waals surface area (Å²) in [5, 5.41) is 22.0. The predicted octanol–water partition coefficient (Wildman–Crippen LogP) is 2.09. The Balaban J connectivity index is 1.88. The Hall–Kier alpha value is -1.84. The van der Waals surface area contributed by atoms with E-state index < -0.39 is 0 Å². The number of aliphatic hydroxyl groups is 1. The van der Waals surface area contributed by atoms with E-state index in [-0.39, 0.29) is 18.4 Å². The van der Waals surface area contributed by atoms with Crippen molar-refractivity contribution in [3.8, 4) is 5.75 Å². The Morgan fingerprint density at radius 2 is 1.58 bits per heavy atom. The first kappa shape index (κ1) is 13.6. The predicted molar refractivity (Wildman–Crippen MR) is 76.0 cm³/mol. The lowest BCUT2D eigenvalue weighted by molar-refractivity contribution is 0.241. The summed E-state index contributed by atoms with van der Waals surface area (Å²) in [6.45, 7) is 0.831. The number of benzene rings is 2. The van der Waals surface area contributed by atoms with Crippen LogP contribution in [0, 0.1) is 0 Å². The fourth-order valence-electron chi connectivity index (χ4n) is 1.98. The number of phenols is 1. The van der Waals surface area contributed by atoms with Crippen molar-refractivity contribution < 1.29 is 10.2 Å². The van der Waals surface area contributed by atoms with E-state index in [4.69, 9.17) is 0 Å². The molecule has 0 saturated carbocycles. The van der Waals surface area contributed by atoms with Gasteiger partial charge in [-0.3, -0.25) is 0 Å². The van der Waals surface area contributed by atoms with Gasteiger partial charge in [0.05, 0.1) is 6.61 Å². The summed E-state index contributed by atoms with van der Waals surface area (Å²) >= 11 is 0. The highest BCUT2D eigenvalue weighted by atomic mass is 16.3. The second-order valence-corrected chi connectivity index (χ2v) is 4.62. The van der Waals surface area contributed by atoms with Crippen LogP contribution in [0.1, 0.15) is 11.1 Å². The molecule has 0 amide bonds. The molecule has 3 N–H and O–H groups in total. The molecular weight excluding hydrogens is 238 g/mol. The van der Waals surface area contributed by atoms with Crippen LogP contribution in [0.2, 0.25) is 0 Å². The van der Waals surface area contributed by atoms with Gasteiger partial charge in [-0.05, 0) is 29.7 Å². The van der Waals surface area contributed by atoms with E-state index in [1.54, 1.807) is 12.1 Å². The van der Waals surface area contributed by atoms with Crippen LogP contribution in [0.4, 0.5) is 0 Å². The standard InChI is InChI=1S/C16H19NO2/c18-12-15(10-13-6-8-16(19)9-7-13)17-11-14-4-2-1-3-5-14/h1-9,15,17-19H,10-12H2. The van der Waals surface area contributed by atoms with Crippen LogP contribution in [0.3, 0.4) is 0 Å². The van der Waals surface area contributed by atoms with Gasteiger partial charge in [-0.2, -0.15) is 0 Å². The molecule has 0 bridgehead atoms. The van der Waals surface area contributed by atoms with Gasteiger partial charge in [-0.1, -0.05) is 42.5 Å². The van der Waals surface area contributed by atoms with E-state index in [1.165, 1.54) is 5.56 Å². The topological polar surface area (TPSA) is 52.5 Å². The van der Waals surface area contributed by atoms with Crippen molar-refractivity contribution in [1.82, 2.24) is 5.32 Å². The van der Waals surface area contributed by atoms with Gasteiger partial charge in [0.25, 0.3) is 0 Å². The summed E-state index contributed by atoms with van der Waals surface area (Å²) in [5.74, 6) is 0.265. The van der Waals surface area contributed by atoms with Crippen LogP contribution < -0.4 is 5.32 Å². The number of hydrogen-bond donors (Lipinski definition) is 3. The summed E-state index contributed by atoms with van der Waals surface area (Å²) in [4.78, 5) is 0. The summed E-state index contributed by atoms with van der Waals surface area (Å²) in [6.07, 6.45) is 0.740. The maximum absolute atomic E-state index is 9.41. The Morgan fingerprint density at radius 3 is 2.21 bits per heavy atom. The van der Waals surface area contributed by atoms with Crippen molar-refractivity contribution >= 4 is 0 Å². The molecule has 0 spiro atoms. The van der Waals surface area contributed by atoms with Gasteiger partial charge < -0.3 is 15.5 Å². The normalized spacial score (nSPS) is 12.3. The van der Waals surface area contributed by atoms with Crippen LogP contribution in [0.5, 0.6) is 5.75 Å². The Labute approximate surface area is 113 Å². The molecular formula is C16H19NO2. The van der Waals surface area contributed by atoms with Crippen molar-refractivity contribution in [2.24, 2.45) is 0 Å². The van der Waals surface area contributed by atoms with Gasteiger partial charge >= 0.3 is 0 Å². The second kappa shape index (κ2) is 6.92. The monoisotopic (exact) mass is 257 g/mol. The van der Waals surface area contributed by atoms with Crippen molar-refractivity contribution in [2.45, 2.75) is 19.0 Å². The van der Waals surface area contributed by atoms with E-state index in [1.807, 2.05) is 30.3 Å². The van der Waals surface area contributed by atoms with Crippen LogP contribution in [-0.2, 0) is 13.0 Å². The fraction of sp³-hybridized carbons (Fsp3) is 0.250. The highest BCUT2D eigenvalue weighted by Crippen LogP contribution is 2.11. The molecule has 1 unspecified atom stereocenters. The molecule has 2 aromatic carbocycles. The smallest absolute Gasteiger partial charge is 0.115 e. The Kier molecular flexibility index (Phi) is 4.95. The number of aromatic hydroxyl groups is 1. The fourth-order valence-corrected chi connectivity index (χ4v) is 1.98. The van der Waals surface area contributed by atoms with Gasteiger partial charge in [0.1, 0.15) is 5.75 Å². The molecule has 0 aliphatic rings. The van der Waals surface area contributed by atoms with E-state index in [2.05, 4.69) is 17.4 Å². The average Bonchev–Trinajstić information content (AvgIpc) is 2.46. The molecule has 0 radical (unpaired) electrons. The maximum atomic E-state index is 9.41. The summed E-state index contributed by atoms with van der Waals surface area (Å²) in [7, 11) is 0. The lowest BCUT2D eigenvalue weighted by atomic mass is 10.1. The first-order chi connectivity index (χ1) is 9.28. The maximum Gasteiger partial charge on any atom is 0.115 e. The lowest BCUT2D eigenvalue weighted by Gasteiger charge is -2.16. The van der Waals surface area contributed by atoms with E-state index in [9.17, 15) is 10.2 Å². The third-order valence-electron chi connectivity index (χ3n) is 3.08. The highest BCUT2D eigenvalue weighted by molar-refractivity contribution is 5.26. The summed E-state index contributed by atoms with van der Waals surface area (Å²) in [5.41, 5.74) is 2.30. The Bertz CT molecular complexity index is 482. The minimum absolute atomic E-state index is 0.0183. The molecule has 0 aliphatic carbocycles. The van der Waals surface area contributed by atoms with Crippen LogP contribution in [-0.4, -0.2) is 22.9 Å². The van der Waals surface area contributed by atoms with Crippen molar-refractivity contribution in [2.75, 3.05) is 6.61 Å². The van der Waals surface area contributed by atoms with E-state index >= 15 is 0 Å². The highest BCUT2D eigenvalue weighted by Gasteiger charge is 2.07. The summed E-state index contributed by atoms with van der Waals surface area (Å²) in [6, 6.07) is 17.2. The molecule has 0 saturated heterocycles. The third-order valence-corrected chi connectivity index (χ3v) is 3.08. The molecule has 2 rings (SSSR count). The van der Waals surface area contributed by atoms with Crippen LogP contribution >= 0.6 is 0 Å². The zero-order valence-corrected chi connectivity index (χ0v) is 10.8. The minimum Gasteiger partial charge on any atom is -0.508 e. The van der Waals surface area contributed by atoms with E-state index in [0.29, 0.717) is 0 Å². The number of nitrogens with one attached hydrogen (secondary N) is 1. The lowest BCUT2D eigenvalue weighted by Crippen LogP contribution is -2.33. The first-order valence-corrected chi connectivity index (χ1v) is 6.44. The van der Waals surface area contributed by atoms with Gasteiger partial charge in [0.15, 0.2) is 0 Å².